The highest BCUT2D eigenvalue weighted by Gasteiger charge is 2.07. The molecule has 0 bridgehead atoms. The first-order valence-corrected chi connectivity index (χ1v) is 4.85. The van der Waals surface area contributed by atoms with Crippen molar-refractivity contribution in [1.82, 2.24) is 4.98 Å². The zero-order valence-electron chi connectivity index (χ0n) is 8.81. The maximum absolute atomic E-state index is 10.8. The second-order valence-electron chi connectivity index (χ2n) is 3.21. The molecule has 1 heterocycles. The van der Waals surface area contributed by atoms with E-state index in [2.05, 4.69) is 4.98 Å². The van der Waals surface area contributed by atoms with Gasteiger partial charge in [-0.05, 0) is 18.6 Å². The van der Waals surface area contributed by atoms with Gasteiger partial charge in [0.05, 0.1) is 6.54 Å². The molecule has 0 spiro atoms. The molecule has 0 fully saturated rings. The predicted molar refractivity (Wildman–Crippen MR) is 59.2 cm³/mol. The van der Waals surface area contributed by atoms with Crippen molar-refractivity contribution >= 4 is 11.7 Å². The van der Waals surface area contributed by atoms with Crippen LogP contribution in [0.4, 0.5) is 5.82 Å². The Morgan fingerprint density at radius 3 is 2.67 bits per heavy atom. The number of carbonyl (C=O) groups excluding carboxylic acids is 1. The Morgan fingerprint density at radius 2 is 2.27 bits per heavy atom. The number of aromatic nitrogens is 1. The molecule has 1 rings (SSSR count). The zero-order chi connectivity index (χ0) is 11.3. The van der Waals surface area contributed by atoms with Crippen LogP contribution < -0.4 is 16.4 Å². The normalized spacial score (nSPS) is 10.0. The third kappa shape index (κ3) is 3.21. The van der Waals surface area contributed by atoms with E-state index in [1.54, 1.807) is 6.20 Å². The first-order valence-electron chi connectivity index (χ1n) is 4.85. The van der Waals surface area contributed by atoms with Gasteiger partial charge in [-0.2, -0.15) is 0 Å². The molecule has 5 nitrogen and oxygen atoms in total. The van der Waals surface area contributed by atoms with Gasteiger partial charge in [0.25, 0.3) is 0 Å². The summed E-state index contributed by atoms with van der Waals surface area (Å²) in [4.78, 5) is 16.8. The van der Waals surface area contributed by atoms with Crippen molar-refractivity contribution in [3.8, 4) is 0 Å². The van der Waals surface area contributed by atoms with E-state index in [1.807, 2.05) is 24.0 Å². The fourth-order valence-corrected chi connectivity index (χ4v) is 1.27. The molecule has 0 aliphatic carbocycles. The summed E-state index contributed by atoms with van der Waals surface area (Å²) in [5.74, 6) is 0.384. The van der Waals surface area contributed by atoms with Gasteiger partial charge in [0.1, 0.15) is 5.82 Å². The van der Waals surface area contributed by atoms with Gasteiger partial charge in [0, 0.05) is 19.3 Å². The maximum atomic E-state index is 10.8. The number of amides is 1. The van der Waals surface area contributed by atoms with Crippen LogP contribution in [0.1, 0.15) is 12.5 Å². The number of primary amides is 1. The lowest BCUT2D eigenvalue weighted by atomic mass is 10.3. The van der Waals surface area contributed by atoms with E-state index in [0.717, 1.165) is 11.4 Å². The molecule has 82 valence electrons. The van der Waals surface area contributed by atoms with E-state index in [-0.39, 0.29) is 12.5 Å². The van der Waals surface area contributed by atoms with Gasteiger partial charge in [0.15, 0.2) is 0 Å². The highest BCUT2D eigenvalue weighted by Crippen LogP contribution is 2.10. The van der Waals surface area contributed by atoms with Crippen LogP contribution in [-0.2, 0) is 11.3 Å². The first-order chi connectivity index (χ1) is 7.17. The van der Waals surface area contributed by atoms with Crippen molar-refractivity contribution in [2.45, 2.75) is 13.5 Å². The molecule has 0 atom stereocenters. The van der Waals surface area contributed by atoms with Crippen LogP contribution in [0.5, 0.6) is 0 Å². The van der Waals surface area contributed by atoms with Crippen molar-refractivity contribution in [3.05, 3.63) is 23.9 Å². The number of nitrogens with zero attached hydrogens (tertiary/aromatic N) is 2. The van der Waals surface area contributed by atoms with Gasteiger partial charge in [-0.15, -0.1) is 0 Å². The van der Waals surface area contributed by atoms with Crippen LogP contribution in [0, 0.1) is 0 Å². The topological polar surface area (TPSA) is 85.2 Å². The minimum Gasteiger partial charge on any atom is -0.368 e. The van der Waals surface area contributed by atoms with Crippen molar-refractivity contribution in [2.75, 3.05) is 18.0 Å². The summed E-state index contributed by atoms with van der Waals surface area (Å²) in [6.07, 6.45) is 1.71. The molecule has 15 heavy (non-hydrogen) atoms. The average molecular weight is 208 g/mol. The maximum Gasteiger partial charge on any atom is 0.236 e. The van der Waals surface area contributed by atoms with Crippen LogP contribution in [0.3, 0.4) is 0 Å². The Morgan fingerprint density at radius 1 is 1.53 bits per heavy atom. The van der Waals surface area contributed by atoms with Gasteiger partial charge in [-0.1, -0.05) is 6.07 Å². The Hall–Kier alpha value is -1.62. The van der Waals surface area contributed by atoms with Gasteiger partial charge < -0.3 is 16.4 Å². The lowest BCUT2D eigenvalue weighted by molar-refractivity contribution is -0.116. The largest absolute Gasteiger partial charge is 0.368 e. The summed E-state index contributed by atoms with van der Waals surface area (Å²) in [7, 11) is 0. The van der Waals surface area contributed by atoms with Crippen LogP contribution in [0.2, 0.25) is 0 Å². The van der Waals surface area contributed by atoms with E-state index in [1.165, 1.54) is 0 Å². The third-order valence-corrected chi connectivity index (χ3v) is 2.10. The molecule has 0 saturated heterocycles. The Bertz CT molecular complexity index is 323. The molecule has 1 aromatic rings. The lowest BCUT2D eigenvalue weighted by Gasteiger charge is -2.19. The van der Waals surface area contributed by atoms with Crippen molar-refractivity contribution < 1.29 is 4.79 Å². The lowest BCUT2D eigenvalue weighted by Crippen LogP contribution is -2.34. The third-order valence-electron chi connectivity index (χ3n) is 2.10. The van der Waals surface area contributed by atoms with Gasteiger partial charge in [-0.3, -0.25) is 4.79 Å². The summed E-state index contributed by atoms with van der Waals surface area (Å²) in [6.45, 7) is 3.29. The minimum absolute atomic E-state index is 0.186. The summed E-state index contributed by atoms with van der Waals surface area (Å²) >= 11 is 0. The van der Waals surface area contributed by atoms with E-state index < -0.39 is 0 Å². The van der Waals surface area contributed by atoms with Crippen LogP contribution in [-0.4, -0.2) is 24.0 Å². The van der Waals surface area contributed by atoms with Crippen molar-refractivity contribution in [1.29, 1.82) is 0 Å². The number of hydrogen-bond acceptors (Lipinski definition) is 4. The summed E-state index contributed by atoms with van der Waals surface area (Å²) < 4.78 is 0. The number of nitrogens with two attached hydrogens (primary N) is 2. The smallest absolute Gasteiger partial charge is 0.236 e. The number of carbonyl (C=O) groups is 1. The van der Waals surface area contributed by atoms with E-state index in [9.17, 15) is 4.79 Å². The average Bonchev–Trinajstić information content (AvgIpc) is 2.26. The highest BCUT2D eigenvalue weighted by molar-refractivity contribution is 5.79. The monoisotopic (exact) mass is 208 g/mol. The fraction of sp³-hybridized carbons (Fsp3) is 0.400. The number of likely N-dealkylation sites (N-methyl/N-ethyl adjacent to an activating group) is 1. The fourth-order valence-electron chi connectivity index (χ4n) is 1.27. The SMILES string of the molecule is CCN(CC(N)=O)c1ccc(CN)cn1. The number of pyridine rings is 1. The molecule has 0 aromatic carbocycles. The highest BCUT2D eigenvalue weighted by atomic mass is 16.1. The van der Waals surface area contributed by atoms with Crippen LogP contribution in [0.25, 0.3) is 0 Å². The van der Waals surface area contributed by atoms with E-state index in [4.69, 9.17) is 11.5 Å². The first kappa shape index (κ1) is 11.5. The number of hydrogen-bond donors (Lipinski definition) is 2. The quantitative estimate of drug-likeness (QED) is 0.704. The van der Waals surface area contributed by atoms with E-state index in [0.29, 0.717) is 13.1 Å². The van der Waals surface area contributed by atoms with Crippen LogP contribution >= 0.6 is 0 Å². The Labute approximate surface area is 89.1 Å². The molecule has 0 aliphatic rings. The molecule has 0 aliphatic heterocycles. The summed E-state index contributed by atoms with van der Waals surface area (Å²) in [5.41, 5.74) is 11.6. The van der Waals surface area contributed by atoms with Gasteiger partial charge in [0.2, 0.25) is 5.91 Å². The molecule has 4 N–H and O–H groups in total. The second kappa shape index (κ2) is 5.31. The standard InChI is InChI=1S/C10H16N4O/c1-2-14(7-9(12)15)10-4-3-8(5-11)6-13-10/h3-4,6H,2,5,7,11H2,1H3,(H2,12,15). The van der Waals surface area contributed by atoms with Gasteiger partial charge in [-0.25, -0.2) is 4.98 Å². The molecule has 1 amide bonds. The van der Waals surface area contributed by atoms with E-state index >= 15 is 0 Å². The molecular formula is C10H16N4O. The van der Waals surface area contributed by atoms with Crippen LogP contribution in [0.15, 0.2) is 18.3 Å². The molecule has 0 saturated carbocycles. The predicted octanol–water partition coefficient (Wildman–Crippen LogP) is -0.148. The Balaban J connectivity index is 2.78. The van der Waals surface area contributed by atoms with Gasteiger partial charge >= 0.3 is 0 Å². The molecular weight excluding hydrogens is 192 g/mol. The minimum atomic E-state index is -0.360. The zero-order valence-corrected chi connectivity index (χ0v) is 8.81. The molecule has 0 unspecified atom stereocenters. The number of anilines is 1. The van der Waals surface area contributed by atoms with Crippen molar-refractivity contribution in [2.24, 2.45) is 11.5 Å². The summed E-state index contributed by atoms with van der Waals surface area (Å²) in [6, 6.07) is 3.74. The molecule has 0 radical (unpaired) electrons. The van der Waals surface area contributed by atoms with Crippen molar-refractivity contribution in [3.63, 3.8) is 0 Å². The number of rotatable bonds is 5. The molecule has 1 aromatic heterocycles. The summed E-state index contributed by atoms with van der Waals surface area (Å²) in [5, 5.41) is 0. The molecule has 5 heteroatoms. The Kier molecular flexibility index (Phi) is 4.05. The second-order valence-corrected chi connectivity index (χ2v) is 3.21.